The Morgan fingerprint density at radius 2 is 1.42 bits per heavy atom. The summed E-state index contributed by atoms with van der Waals surface area (Å²) >= 11 is 0. The molecule has 0 bridgehead atoms. The second-order valence-corrected chi connectivity index (χ2v) is 7.62. The summed E-state index contributed by atoms with van der Waals surface area (Å²) in [6, 6.07) is 0. The van der Waals surface area contributed by atoms with Gasteiger partial charge in [0.1, 0.15) is 0 Å². The zero-order valence-electron chi connectivity index (χ0n) is 12.8. The van der Waals surface area contributed by atoms with Crippen LogP contribution in [0.3, 0.4) is 0 Å². The Morgan fingerprint density at radius 3 is 2.32 bits per heavy atom. The molecule has 3 aliphatic rings. The highest BCUT2D eigenvalue weighted by molar-refractivity contribution is 4.91. The third-order valence-corrected chi connectivity index (χ3v) is 6.40. The number of hydrogen-bond donors (Lipinski definition) is 0. The zero-order valence-corrected chi connectivity index (χ0v) is 12.8. The fourth-order valence-corrected chi connectivity index (χ4v) is 5.30. The van der Waals surface area contributed by atoms with Crippen LogP contribution in [0, 0.1) is 30.1 Å². The van der Waals surface area contributed by atoms with E-state index >= 15 is 0 Å². The molecule has 3 aliphatic carbocycles. The van der Waals surface area contributed by atoms with E-state index in [2.05, 4.69) is 6.42 Å². The van der Waals surface area contributed by atoms with Gasteiger partial charge in [0.25, 0.3) is 0 Å². The highest BCUT2D eigenvalue weighted by Crippen LogP contribution is 2.45. The highest BCUT2D eigenvalue weighted by atomic mass is 14.4. The molecule has 109 valence electrons. The topological polar surface area (TPSA) is 0 Å². The number of fused-ring (bicyclic) bond motifs is 1. The SMILES string of the molecule is [CH](CCC1CCCCC1)C1CCCC2CCCCC12. The molecule has 1 radical (unpaired) electrons. The van der Waals surface area contributed by atoms with E-state index in [1.165, 1.54) is 70.6 Å². The van der Waals surface area contributed by atoms with Crippen molar-refractivity contribution in [2.75, 3.05) is 0 Å². The van der Waals surface area contributed by atoms with Crippen molar-refractivity contribution in [3.8, 4) is 0 Å². The molecule has 0 saturated heterocycles. The van der Waals surface area contributed by atoms with E-state index in [1.54, 1.807) is 19.3 Å². The molecule has 0 amide bonds. The van der Waals surface area contributed by atoms with Gasteiger partial charge in [0.05, 0.1) is 0 Å². The summed E-state index contributed by atoms with van der Waals surface area (Å²) in [4.78, 5) is 0. The molecule has 19 heavy (non-hydrogen) atoms. The molecule has 0 N–H and O–H groups in total. The van der Waals surface area contributed by atoms with E-state index in [0.717, 1.165) is 23.7 Å². The van der Waals surface area contributed by atoms with Crippen LogP contribution < -0.4 is 0 Å². The lowest BCUT2D eigenvalue weighted by Crippen LogP contribution is -2.31. The molecule has 0 aromatic carbocycles. The van der Waals surface area contributed by atoms with Crippen molar-refractivity contribution < 1.29 is 0 Å². The lowest BCUT2D eigenvalue weighted by molar-refractivity contribution is 0.118. The molecule has 3 rings (SSSR count). The fraction of sp³-hybridized carbons (Fsp3) is 0.947. The second kappa shape index (κ2) is 7.14. The van der Waals surface area contributed by atoms with Crippen molar-refractivity contribution in [3.63, 3.8) is 0 Å². The summed E-state index contributed by atoms with van der Waals surface area (Å²) in [5.74, 6) is 4.28. The first-order chi connectivity index (χ1) is 9.43. The van der Waals surface area contributed by atoms with Crippen LogP contribution in [0.5, 0.6) is 0 Å². The molecule has 3 fully saturated rings. The van der Waals surface area contributed by atoms with Crippen molar-refractivity contribution >= 4 is 0 Å². The van der Waals surface area contributed by atoms with Gasteiger partial charge in [0.15, 0.2) is 0 Å². The Hall–Kier alpha value is 0. The van der Waals surface area contributed by atoms with Crippen molar-refractivity contribution in [1.29, 1.82) is 0 Å². The summed E-state index contributed by atoms with van der Waals surface area (Å²) in [6.07, 6.45) is 24.1. The first kappa shape index (κ1) is 14.0. The third kappa shape index (κ3) is 3.76. The summed E-state index contributed by atoms with van der Waals surface area (Å²) in [7, 11) is 0. The van der Waals surface area contributed by atoms with Crippen LogP contribution in [-0.4, -0.2) is 0 Å². The van der Waals surface area contributed by atoms with Crippen LogP contribution >= 0.6 is 0 Å². The van der Waals surface area contributed by atoms with E-state index < -0.39 is 0 Å². The smallest absolute Gasteiger partial charge is 0.0352 e. The van der Waals surface area contributed by atoms with Crippen molar-refractivity contribution in [2.45, 2.75) is 89.9 Å². The minimum atomic E-state index is 1.00. The quantitative estimate of drug-likeness (QED) is 0.568. The Bertz CT molecular complexity index is 249. The average Bonchev–Trinajstić information content (AvgIpc) is 2.49. The molecule has 3 unspecified atom stereocenters. The molecule has 0 aromatic rings. The van der Waals surface area contributed by atoms with Gasteiger partial charge in [-0.1, -0.05) is 70.6 Å². The molecule has 3 saturated carbocycles. The average molecular weight is 261 g/mol. The summed E-state index contributed by atoms with van der Waals surface area (Å²) in [5.41, 5.74) is 0. The molecular formula is C19H33. The molecule has 0 spiro atoms. The molecule has 0 heteroatoms. The predicted octanol–water partition coefficient (Wildman–Crippen LogP) is 6.16. The van der Waals surface area contributed by atoms with Gasteiger partial charge in [-0.3, -0.25) is 0 Å². The van der Waals surface area contributed by atoms with Crippen LogP contribution in [0.15, 0.2) is 0 Å². The molecule has 0 nitrogen and oxygen atoms in total. The van der Waals surface area contributed by atoms with Crippen molar-refractivity contribution in [3.05, 3.63) is 6.42 Å². The Morgan fingerprint density at radius 1 is 0.684 bits per heavy atom. The maximum absolute atomic E-state index is 2.77. The largest absolute Gasteiger partial charge is 0.0533 e. The van der Waals surface area contributed by atoms with Crippen LogP contribution in [0.25, 0.3) is 0 Å². The zero-order chi connectivity index (χ0) is 12.9. The monoisotopic (exact) mass is 261 g/mol. The van der Waals surface area contributed by atoms with Crippen LogP contribution in [-0.2, 0) is 0 Å². The molecule has 0 heterocycles. The van der Waals surface area contributed by atoms with E-state index in [9.17, 15) is 0 Å². The number of rotatable bonds is 4. The van der Waals surface area contributed by atoms with E-state index in [-0.39, 0.29) is 0 Å². The van der Waals surface area contributed by atoms with E-state index in [0.29, 0.717) is 0 Å². The minimum Gasteiger partial charge on any atom is -0.0533 e. The Kier molecular flexibility index (Phi) is 5.24. The van der Waals surface area contributed by atoms with Crippen LogP contribution in [0.4, 0.5) is 0 Å². The molecule has 3 atom stereocenters. The van der Waals surface area contributed by atoms with E-state index in [1.807, 2.05) is 0 Å². The normalized spacial score (nSPS) is 36.9. The predicted molar refractivity (Wildman–Crippen MR) is 82.9 cm³/mol. The Labute approximate surface area is 120 Å². The maximum Gasteiger partial charge on any atom is -0.0352 e. The van der Waals surface area contributed by atoms with Gasteiger partial charge in [-0.05, 0) is 49.4 Å². The first-order valence-electron chi connectivity index (χ1n) is 9.27. The van der Waals surface area contributed by atoms with Crippen molar-refractivity contribution in [1.82, 2.24) is 0 Å². The van der Waals surface area contributed by atoms with E-state index in [4.69, 9.17) is 0 Å². The van der Waals surface area contributed by atoms with Gasteiger partial charge in [-0.2, -0.15) is 0 Å². The fourth-order valence-electron chi connectivity index (χ4n) is 5.30. The lowest BCUT2D eigenvalue weighted by atomic mass is 9.64. The summed E-state index contributed by atoms with van der Waals surface area (Å²) < 4.78 is 0. The molecule has 0 aromatic heterocycles. The summed E-state index contributed by atoms with van der Waals surface area (Å²) in [6.45, 7) is 0. The third-order valence-electron chi connectivity index (χ3n) is 6.40. The van der Waals surface area contributed by atoms with Crippen LogP contribution in [0.2, 0.25) is 0 Å². The second-order valence-electron chi connectivity index (χ2n) is 7.62. The molecule has 0 aliphatic heterocycles. The first-order valence-corrected chi connectivity index (χ1v) is 9.27. The highest BCUT2D eigenvalue weighted by Gasteiger charge is 2.34. The van der Waals surface area contributed by atoms with Gasteiger partial charge in [-0.15, -0.1) is 0 Å². The molecular weight excluding hydrogens is 228 g/mol. The maximum atomic E-state index is 2.77. The summed E-state index contributed by atoms with van der Waals surface area (Å²) in [5, 5.41) is 0. The van der Waals surface area contributed by atoms with Gasteiger partial charge in [-0.25, -0.2) is 0 Å². The van der Waals surface area contributed by atoms with Gasteiger partial charge < -0.3 is 0 Å². The van der Waals surface area contributed by atoms with Gasteiger partial charge >= 0.3 is 0 Å². The Balaban J connectivity index is 1.40. The lowest BCUT2D eigenvalue weighted by Gasteiger charge is -2.41. The van der Waals surface area contributed by atoms with Gasteiger partial charge in [0, 0.05) is 0 Å². The van der Waals surface area contributed by atoms with Crippen molar-refractivity contribution in [2.24, 2.45) is 23.7 Å². The van der Waals surface area contributed by atoms with Gasteiger partial charge in [0.2, 0.25) is 0 Å². The number of hydrogen-bond acceptors (Lipinski definition) is 0. The van der Waals surface area contributed by atoms with Crippen LogP contribution in [0.1, 0.15) is 89.9 Å². The minimum absolute atomic E-state index is 1.00. The standard InChI is InChI=1S/C19H33/c1-2-8-16(9-3-1)10-6-12-18-14-7-13-17-11-4-5-15-19(17)18/h12,16-19H,1-11,13-15H2.